The van der Waals surface area contributed by atoms with Crippen LogP contribution in [0.25, 0.3) is 0 Å². The average Bonchev–Trinajstić information content (AvgIpc) is 3.45. The minimum absolute atomic E-state index is 0.00684. The second kappa shape index (κ2) is 8.35. The topological polar surface area (TPSA) is 71.3 Å². The average molecular weight is 396 g/mol. The van der Waals surface area contributed by atoms with Crippen LogP contribution in [0.2, 0.25) is 0 Å². The van der Waals surface area contributed by atoms with E-state index in [-0.39, 0.29) is 17.2 Å². The smallest absolute Gasteiger partial charge is 0.224 e. The second-order valence-electron chi connectivity index (χ2n) is 8.40. The lowest BCUT2D eigenvalue weighted by Crippen LogP contribution is -2.39. The van der Waals surface area contributed by atoms with Gasteiger partial charge in [-0.05, 0) is 18.4 Å². The van der Waals surface area contributed by atoms with Crippen molar-refractivity contribution in [1.82, 2.24) is 24.6 Å². The number of amides is 2. The molecule has 7 heteroatoms. The standard InChI is InChI=1S/C22H29N5O2/c1-2-20(28)26-12-19-13-27(21(29)9-11-25-16-23-24-17-25)15-22(19,14-26)10-8-18-6-4-3-5-7-18/h3-7,16-17,19H,2,8-15H2,1H3/t19-,22+/m1/s1. The van der Waals surface area contributed by atoms with Crippen molar-refractivity contribution in [2.24, 2.45) is 11.3 Å². The fourth-order valence-corrected chi connectivity index (χ4v) is 4.90. The van der Waals surface area contributed by atoms with Gasteiger partial charge in [0, 0.05) is 56.9 Å². The Kier molecular flexibility index (Phi) is 5.65. The summed E-state index contributed by atoms with van der Waals surface area (Å²) in [6.45, 7) is 5.57. The van der Waals surface area contributed by atoms with E-state index in [0.29, 0.717) is 25.3 Å². The molecule has 1 aromatic carbocycles. The van der Waals surface area contributed by atoms with Crippen LogP contribution < -0.4 is 0 Å². The predicted molar refractivity (Wildman–Crippen MR) is 109 cm³/mol. The molecule has 4 rings (SSSR count). The Morgan fingerprint density at radius 3 is 2.34 bits per heavy atom. The fourth-order valence-electron chi connectivity index (χ4n) is 4.90. The molecule has 3 heterocycles. The molecule has 2 amide bonds. The summed E-state index contributed by atoms with van der Waals surface area (Å²) in [5, 5.41) is 7.58. The minimum atomic E-state index is 0.00684. The lowest BCUT2D eigenvalue weighted by Gasteiger charge is -2.29. The molecular weight excluding hydrogens is 366 g/mol. The van der Waals surface area contributed by atoms with Crippen molar-refractivity contribution < 1.29 is 9.59 Å². The van der Waals surface area contributed by atoms with E-state index in [9.17, 15) is 9.59 Å². The molecule has 2 aromatic rings. The van der Waals surface area contributed by atoms with Crippen molar-refractivity contribution in [1.29, 1.82) is 0 Å². The van der Waals surface area contributed by atoms with E-state index in [1.54, 1.807) is 12.7 Å². The predicted octanol–water partition coefficient (Wildman–Crippen LogP) is 2.00. The van der Waals surface area contributed by atoms with E-state index in [4.69, 9.17) is 0 Å². The Bertz CT molecular complexity index is 838. The highest BCUT2D eigenvalue weighted by molar-refractivity contribution is 5.78. The van der Waals surface area contributed by atoms with Gasteiger partial charge in [0.1, 0.15) is 12.7 Å². The van der Waals surface area contributed by atoms with Gasteiger partial charge in [-0.2, -0.15) is 0 Å². The first-order chi connectivity index (χ1) is 14.1. The molecule has 2 atom stereocenters. The zero-order chi connectivity index (χ0) is 20.3. The number of nitrogens with zero attached hydrogens (tertiary/aromatic N) is 5. The number of aryl methyl sites for hydroxylation is 2. The van der Waals surface area contributed by atoms with Crippen LogP contribution in [0.5, 0.6) is 0 Å². The zero-order valence-corrected chi connectivity index (χ0v) is 17.0. The highest BCUT2D eigenvalue weighted by Gasteiger charge is 2.53. The third-order valence-electron chi connectivity index (χ3n) is 6.57. The van der Waals surface area contributed by atoms with Gasteiger partial charge >= 0.3 is 0 Å². The van der Waals surface area contributed by atoms with E-state index < -0.39 is 0 Å². The van der Waals surface area contributed by atoms with Crippen LogP contribution in [0.4, 0.5) is 0 Å². The van der Waals surface area contributed by atoms with Crippen molar-refractivity contribution in [3.05, 3.63) is 48.5 Å². The second-order valence-corrected chi connectivity index (χ2v) is 8.40. The van der Waals surface area contributed by atoms with Crippen LogP contribution >= 0.6 is 0 Å². The van der Waals surface area contributed by atoms with Gasteiger partial charge in [-0.15, -0.1) is 10.2 Å². The van der Waals surface area contributed by atoms with Gasteiger partial charge in [0.25, 0.3) is 0 Å². The van der Waals surface area contributed by atoms with Gasteiger partial charge in [-0.1, -0.05) is 37.3 Å². The molecule has 2 saturated heterocycles. The Hall–Kier alpha value is -2.70. The maximum Gasteiger partial charge on any atom is 0.224 e. The monoisotopic (exact) mass is 395 g/mol. The minimum Gasteiger partial charge on any atom is -0.342 e. The summed E-state index contributed by atoms with van der Waals surface area (Å²) in [6, 6.07) is 10.5. The first-order valence-corrected chi connectivity index (χ1v) is 10.5. The van der Waals surface area contributed by atoms with Crippen molar-refractivity contribution in [2.75, 3.05) is 26.2 Å². The maximum atomic E-state index is 12.9. The third-order valence-corrected chi connectivity index (χ3v) is 6.57. The fraction of sp³-hybridized carbons (Fsp3) is 0.545. The molecule has 0 aliphatic carbocycles. The quantitative estimate of drug-likeness (QED) is 0.719. The largest absolute Gasteiger partial charge is 0.342 e. The number of fused-ring (bicyclic) bond motifs is 1. The summed E-state index contributed by atoms with van der Waals surface area (Å²) in [4.78, 5) is 29.2. The number of benzene rings is 1. The molecule has 0 unspecified atom stereocenters. The number of hydrogen-bond acceptors (Lipinski definition) is 4. The molecule has 0 saturated carbocycles. The van der Waals surface area contributed by atoms with Crippen molar-refractivity contribution in [2.45, 2.75) is 39.2 Å². The number of likely N-dealkylation sites (tertiary alicyclic amines) is 2. The Morgan fingerprint density at radius 1 is 1.03 bits per heavy atom. The van der Waals surface area contributed by atoms with Gasteiger partial charge in [0.2, 0.25) is 11.8 Å². The van der Waals surface area contributed by atoms with Crippen LogP contribution in [0, 0.1) is 11.3 Å². The number of hydrogen-bond donors (Lipinski definition) is 0. The SMILES string of the molecule is CCC(=O)N1C[C@@H]2CN(C(=O)CCn3cnnc3)C[C@]2(CCc2ccccc2)C1. The van der Waals surface area contributed by atoms with Gasteiger partial charge in [0.05, 0.1) is 0 Å². The van der Waals surface area contributed by atoms with E-state index in [0.717, 1.165) is 39.0 Å². The molecule has 154 valence electrons. The molecule has 0 radical (unpaired) electrons. The molecule has 2 fully saturated rings. The summed E-state index contributed by atoms with van der Waals surface area (Å²) in [7, 11) is 0. The third kappa shape index (κ3) is 4.18. The molecule has 2 aliphatic rings. The normalized spacial score (nSPS) is 23.4. The highest BCUT2D eigenvalue weighted by atomic mass is 16.2. The lowest BCUT2D eigenvalue weighted by molar-refractivity contribution is -0.132. The Balaban J connectivity index is 1.44. The molecular formula is C22H29N5O2. The Morgan fingerprint density at radius 2 is 1.69 bits per heavy atom. The van der Waals surface area contributed by atoms with E-state index in [1.165, 1.54) is 5.56 Å². The number of aromatic nitrogens is 3. The van der Waals surface area contributed by atoms with Crippen molar-refractivity contribution in [3.63, 3.8) is 0 Å². The van der Waals surface area contributed by atoms with Crippen LogP contribution in [0.15, 0.2) is 43.0 Å². The van der Waals surface area contributed by atoms with E-state index >= 15 is 0 Å². The summed E-state index contributed by atoms with van der Waals surface area (Å²) in [5.74, 6) is 0.769. The van der Waals surface area contributed by atoms with Crippen LogP contribution in [-0.4, -0.2) is 62.6 Å². The number of carbonyl (C=O) groups is 2. The molecule has 0 N–H and O–H groups in total. The van der Waals surface area contributed by atoms with Crippen LogP contribution in [-0.2, 0) is 22.6 Å². The Labute approximate surface area is 171 Å². The van der Waals surface area contributed by atoms with Crippen LogP contribution in [0.1, 0.15) is 31.7 Å². The maximum absolute atomic E-state index is 12.9. The van der Waals surface area contributed by atoms with Crippen molar-refractivity contribution in [3.8, 4) is 0 Å². The molecule has 29 heavy (non-hydrogen) atoms. The summed E-state index contributed by atoms with van der Waals surface area (Å²) in [6.07, 6.45) is 6.27. The summed E-state index contributed by atoms with van der Waals surface area (Å²) >= 11 is 0. The molecule has 7 nitrogen and oxygen atoms in total. The lowest BCUT2D eigenvalue weighted by atomic mass is 9.76. The summed E-state index contributed by atoms with van der Waals surface area (Å²) < 4.78 is 1.83. The summed E-state index contributed by atoms with van der Waals surface area (Å²) in [5.41, 5.74) is 1.32. The zero-order valence-electron chi connectivity index (χ0n) is 17.0. The van der Waals surface area contributed by atoms with Gasteiger partial charge in [0.15, 0.2) is 0 Å². The van der Waals surface area contributed by atoms with Crippen molar-refractivity contribution >= 4 is 11.8 Å². The van der Waals surface area contributed by atoms with Crippen LogP contribution in [0.3, 0.4) is 0 Å². The number of rotatable bonds is 7. The first kappa shape index (κ1) is 19.6. The van der Waals surface area contributed by atoms with Gasteiger partial charge in [-0.25, -0.2) is 0 Å². The molecule has 0 spiro atoms. The molecule has 0 bridgehead atoms. The van der Waals surface area contributed by atoms with Gasteiger partial charge < -0.3 is 14.4 Å². The number of carbonyl (C=O) groups excluding carboxylic acids is 2. The first-order valence-electron chi connectivity index (χ1n) is 10.5. The van der Waals surface area contributed by atoms with E-state index in [1.807, 2.05) is 27.4 Å². The van der Waals surface area contributed by atoms with Gasteiger partial charge in [-0.3, -0.25) is 9.59 Å². The molecule has 1 aromatic heterocycles. The highest BCUT2D eigenvalue weighted by Crippen LogP contribution is 2.46. The molecule has 2 aliphatic heterocycles. The van der Waals surface area contributed by atoms with E-state index in [2.05, 4.69) is 34.5 Å².